The van der Waals surface area contributed by atoms with E-state index in [0.717, 1.165) is 40.6 Å². The molecule has 0 amide bonds. The minimum atomic E-state index is 0.787. The van der Waals surface area contributed by atoms with E-state index in [1.54, 1.807) is 11.3 Å². The molecule has 1 aliphatic carbocycles. The Kier molecular flexibility index (Phi) is 4.05. The molecule has 118 valence electrons. The van der Waals surface area contributed by atoms with Crippen molar-refractivity contribution in [2.75, 3.05) is 13.1 Å². The summed E-state index contributed by atoms with van der Waals surface area (Å²) >= 11 is 1.69. The molecule has 2 aliphatic rings. The van der Waals surface area contributed by atoms with E-state index in [-0.39, 0.29) is 0 Å². The number of rotatable bonds is 3. The van der Waals surface area contributed by atoms with E-state index in [0.29, 0.717) is 0 Å². The summed E-state index contributed by atoms with van der Waals surface area (Å²) in [5.74, 6) is 3.68. The highest BCUT2D eigenvalue weighted by Gasteiger charge is 2.31. The van der Waals surface area contributed by atoms with Gasteiger partial charge in [0.1, 0.15) is 5.76 Å². The third kappa shape index (κ3) is 2.86. The Morgan fingerprint density at radius 3 is 2.95 bits per heavy atom. The molecular formula is C18H24N2OS. The van der Waals surface area contributed by atoms with Gasteiger partial charge in [-0.2, -0.15) is 0 Å². The molecule has 3 heterocycles. The number of thiophene rings is 1. The largest absolute Gasteiger partial charge is 0.440 e. The van der Waals surface area contributed by atoms with Crippen LogP contribution in [-0.4, -0.2) is 23.0 Å². The molecule has 2 fully saturated rings. The molecule has 3 nitrogen and oxygen atoms in total. The fourth-order valence-electron chi connectivity index (χ4n) is 4.11. The van der Waals surface area contributed by atoms with Gasteiger partial charge in [-0.15, -0.1) is 11.3 Å². The van der Waals surface area contributed by atoms with Gasteiger partial charge in [-0.1, -0.05) is 25.3 Å². The lowest BCUT2D eigenvalue weighted by molar-refractivity contribution is 0.0810. The fourth-order valence-corrected chi connectivity index (χ4v) is 4.76. The van der Waals surface area contributed by atoms with Crippen molar-refractivity contribution >= 4 is 11.3 Å². The van der Waals surface area contributed by atoms with Gasteiger partial charge in [-0.3, -0.25) is 4.90 Å². The summed E-state index contributed by atoms with van der Waals surface area (Å²) in [6.45, 7) is 5.48. The molecule has 2 aromatic heterocycles. The minimum absolute atomic E-state index is 0.787. The highest BCUT2D eigenvalue weighted by molar-refractivity contribution is 7.13. The lowest BCUT2D eigenvalue weighted by atomic mass is 9.75. The number of aryl methyl sites for hydroxylation is 1. The van der Waals surface area contributed by atoms with Crippen molar-refractivity contribution in [2.24, 2.45) is 11.8 Å². The first-order chi connectivity index (χ1) is 10.8. The Morgan fingerprint density at radius 2 is 2.14 bits per heavy atom. The van der Waals surface area contributed by atoms with E-state index < -0.39 is 0 Å². The Morgan fingerprint density at radius 1 is 1.27 bits per heavy atom. The molecule has 0 radical (unpaired) electrons. The summed E-state index contributed by atoms with van der Waals surface area (Å²) in [6.07, 6.45) is 7.15. The zero-order valence-corrected chi connectivity index (χ0v) is 14.1. The van der Waals surface area contributed by atoms with Gasteiger partial charge in [-0.05, 0) is 49.6 Å². The number of oxazole rings is 1. The second kappa shape index (κ2) is 6.17. The molecule has 2 aromatic rings. The smallest absolute Gasteiger partial charge is 0.236 e. The van der Waals surface area contributed by atoms with Gasteiger partial charge in [0.25, 0.3) is 0 Å². The van der Waals surface area contributed by atoms with Gasteiger partial charge in [0.15, 0.2) is 0 Å². The number of hydrogen-bond donors (Lipinski definition) is 0. The second-order valence-corrected chi connectivity index (χ2v) is 7.78. The van der Waals surface area contributed by atoms with Gasteiger partial charge in [0, 0.05) is 13.1 Å². The quantitative estimate of drug-likeness (QED) is 0.820. The number of fused-ring (bicyclic) bond motifs is 1. The van der Waals surface area contributed by atoms with Crippen molar-refractivity contribution in [3.63, 3.8) is 0 Å². The van der Waals surface area contributed by atoms with E-state index in [1.165, 1.54) is 45.2 Å². The zero-order valence-electron chi connectivity index (χ0n) is 13.3. The summed E-state index contributed by atoms with van der Waals surface area (Å²) in [7, 11) is 0. The molecule has 0 aromatic carbocycles. The lowest BCUT2D eigenvalue weighted by Gasteiger charge is -2.41. The van der Waals surface area contributed by atoms with Crippen LogP contribution in [0.2, 0.25) is 0 Å². The van der Waals surface area contributed by atoms with Crippen LogP contribution in [-0.2, 0) is 6.54 Å². The molecule has 1 saturated heterocycles. The predicted molar refractivity (Wildman–Crippen MR) is 89.9 cm³/mol. The maximum Gasteiger partial charge on any atom is 0.236 e. The van der Waals surface area contributed by atoms with Crippen LogP contribution in [0.3, 0.4) is 0 Å². The molecule has 0 N–H and O–H groups in total. The lowest BCUT2D eigenvalue weighted by Crippen LogP contribution is -2.41. The summed E-state index contributed by atoms with van der Waals surface area (Å²) < 4.78 is 5.88. The molecule has 4 heteroatoms. The molecule has 1 aliphatic heterocycles. The molecule has 22 heavy (non-hydrogen) atoms. The molecule has 0 bridgehead atoms. The molecule has 1 saturated carbocycles. The number of piperidine rings is 1. The number of nitrogens with zero attached hydrogens (tertiary/aromatic N) is 2. The fraction of sp³-hybridized carbons (Fsp3) is 0.611. The highest BCUT2D eigenvalue weighted by atomic mass is 32.1. The highest BCUT2D eigenvalue weighted by Crippen LogP contribution is 2.36. The second-order valence-electron chi connectivity index (χ2n) is 6.83. The van der Waals surface area contributed by atoms with Crippen LogP contribution in [0.4, 0.5) is 0 Å². The summed E-state index contributed by atoms with van der Waals surface area (Å²) in [4.78, 5) is 8.47. The van der Waals surface area contributed by atoms with Crippen LogP contribution in [0.15, 0.2) is 21.9 Å². The number of aromatic nitrogens is 1. The van der Waals surface area contributed by atoms with Crippen LogP contribution in [0.1, 0.15) is 43.6 Å². The van der Waals surface area contributed by atoms with Crippen LogP contribution in [0.25, 0.3) is 10.8 Å². The van der Waals surface area contributed by atoms with Crippen molar-refractivity contribution in [3.8, 4) is 10.8 Å². The van der Waals surface area contributed by atoms with Gasteiger partial charge in [-0.25, -0.2) is 4.98 Å². The van der Waals surface area contributed by atoms with Gasteiger partial charge >= 0.3 is 0 Å². The SMILES string of the molecule is Cc1oc(-c2cccs2)nc1CN1CC[C@@H]2CCCC[C@H]2C1. The van der Waals surface area contributed by atoms with Crippen molar-refractivity contribution in [1.82, 2.24) is 9.88 Å². The molecular weight excluding hydrogens is 292 g/mol. The summed E-state index contributed by atoms with van der Waals surface area (Å²) in [5.41, 5.74) is 1.12. The van der Waals surface area contributed by atoms with Crippen molar-refractivity contribution < 1.29 is 4.42 Å². The Hall–Kier alpha value is -1.13. The standard InChI is InChI=1S/C18H24N2OS/c1-13-16(19-18(21-13)17-7-4-10-22-17)12-20-9-8-14-5-2-3-6-15(14)11-20/h4,7,10,14-15H,2-3,5-6,8-9,11-12H2,1H3/t14-,15-/m0/s1. The van der Waals surface area contributed by atoms with Gasteiger partial charge < -0.3 is 4.42 Å². The molecule has 0 unspecified atom stereocenters. The minimum Gasteiger partial charge on any atom is -0.440 e. The van der Waals surface area contributed by atoms with E-state index in [9.17, 15) is 0 Å². The Balaban J connectivity index is 1.45. The zero-order chi connectivity index (χ0) is 14.9. The number of hydrogen-bond acceptors (Lipinski definition) is 4. The average Bonchev–Trinajstić information content (AvgIpc) is 3.18. The monoisotopic (exact) mass is 316 g/mol. The first-order valence-corrected chi connectivity index (χ1v) is 9.40. The van der Waals surface area contributed by atoms with E-state index in [1.807, 2.05) is 13.0 Å². The van der Waals surface area contributed by atoms with Crippen molar-refractivity contribution in [1.29, 1.82) is 0 Å². The van der Waals surface area contributed by atoms with E-state index >= 15 is 0 Å². The average molecular weight is 316 g/mol. The van der Waals surface area contributed by atoms with E-state index in [2.05, 4.69) is 16.3 Å². The normalized spacial score (nSPS) is 26.0. The first kappa shape index (κ1) is 14.5. The predicted octanol–water partition coefficient (Wildman–Crippen LogP) is 4.72. The third-order valence-electron chi connectivity index (χ3n) is 5.37. The molecule has 0 spiro atoms. The molecule has 2 atom stereocenters. The topological polar surface area (TPSA) is 29.3 Å². The summed E-state index contributed by atoms with van der Waals surface area (Å²) in [5, 5.41) is 2.07. The van der Waals surface area contributed by atoms with E-state index in [4.69, 9.17) is 9.40 Å². The third-order valence-corrected chi connectivity index (χ3v) is 6.23. The van der Waals surface area contributed by atoms with Crippen LogP contribution < -0.4 is 0 Å². The van der Waals surface area contributed by atoms with Crippen LogP contribution in [0, 0.1) is 18.8 Å². The van der Waals surface area contributed by atoms with Gasteiger partial charge in [0.2, 0.25) is 5.89 Å². The summed E-state index contributed by atoms with van der Waals surface area (Å²) in [6, 6.07) is 4.13. The maximum absolute atomic E-state index is 5.88. The molecule has 4 rings (SSSR count). The van der Waals surface area contributed by atoms with Crippen molar-refractivity contribution in [3.05, 3.63) is 29.0 Å². The van der Waals surface area contributed by atoms with Crippen molar-refractivity contribution in [2.45, 2.75) is 45.6 Å². The Bertz CT molecular complexity index is 619. The maximum atomic E-state index is 5.88. The Labute approximate surface area is 136 Å². The van der Waals surface area contributed by atoms with Crippen LogP contribution >= 0.6 is 11.3 Å². The first-order valence-electron chi connectivity index (χ1n) is 8.52. The van der Waals surface area contributed by atoms with Crippen LogP contribution in [0.5, 0.6) is 0 Å². The number of likely N-dealkylation sites (tertiary alicyclic amines) is 1. The van der Waals surface area contributed by atoms with Gasteiger partial charge in [0.05, 0.1) is 10.6 Å².